The van der Waals surface area contributed by atoms with Gasteiger partial charge in [0.25, 0.3) is 0 Å². The maximum Gasteiger partial charge on any atom is 0.197 e. The van der Waals surface area contributed by atoms with Crippen LogP contribution in [0.5, 0.6) is 0 Å². The van der Waals surface area contributed by atoms with Gasteiger partial charge in [-0.25, -0.2) is 0 Å². The molecule has 5 heteroatoms. The van der Waals surface area contributed by atoms with E-state index in [1.165, 1.54) is 5.56 Å². The molecule has 0 spiro atoms. The molecule has 1 atom stereocenters. The number of hydrogen-bond donors (Lipinski definition) is 3. The van der Waals surface area contributed by atoms with Gasteiger partial charge in [0.05, 0.1) is 0 Å². The minimum absolute atomic E-state index is 0.628. The summed E-state index contributed by atoms with van der Waals surface area (Å²) in [6, 6.07) is 18.0. The molecule has 0 aromatic heterocycles. The fraction of sp³-hybridized carbons (Fsp3) is 0.211. The highest BCUT2D eigenvalue weighted by Crippen LogP contribution is 2.16. The standard InChI is InChI=1S/C19H21ClN4/c20-17-8-4-7-16(13-17)14-19(21)10-12-23-18(24-19)22-11-9-15-5-2-1-3-6-15/h1-8,10,12-13H,9,11,14,21H2,(H2,22,23,24). The number of benzene rings is 2. The summed E-state index contributed by atoms with van der Waals surface area (Å²) in [6.45, 7) is 0.695. The summed E-state index contributed by atoms with van der Waals surface area (Å²) in [5, 5.41) is 7.09. The molecule has 1 aliphatic rings. The van der Waals surface area contributed by atoms with Gasteiger partial charge in [-0.3, -0.25) is 4.99 Å². The number of rotatable bonds is 5. The van der Waals surface area contributed by atoms with Crippen LogP contribution in [0.4, 0.5) is 0 Å². The molecule has 0 fully saturated rings. The maximum atomic E-state index is 6.45. The zero-order valence-electron chi connectivity index (χ0n) is 13.4. The van der Waals surface area contributed by atoms with Crippen molar-refractivity contribution in [1.82, 2.24) is 10.6 Å². The van der Waals surface area contributed by atoms with Crippen LogP contribution in [-0.4, -0.2) is 18.2 Å². The second-order valence-corrected chi connectivity index (χ2v) is 6.35. The smallest absolute Gasteiger partial charge is 0.197 e. The molecule has 0 bridgehead atoms. The van der Waals surface area contributed by atoms with Crippen molar-refractivity contribution in [2.75, 3.05) is 6.54 Å². The molecule has 0 aliphatic carbocycles. The molecule has 2 aromatic carbocycles. The van der Waals surface area contributed by atoms with Crippen molar-refractivity contribution < 1.29 is 0 Å². The molecule has 2 aromatic rings. The van der Waals surface area contributed by atoms with Gasteiger partial charge in [0.15, 0.2) is 5.96 Å². The Kier molecular flexibility index (Phi) is 5.18. The van der Waals surface area contributed by atoms with E-state index in [0.717, 1.165) is 12.0 Å². The first-order valence-corrected chi connectivity index (χ1v) is 8.35. The summed E-state index contributed by atoms with van der Waals surface area (Å²) in [7, 11) is 0. The van der Waals surface area contributed by atoms with Crippen LogP contribution in [0.3, 0.4) is 0 Å². The predicted molar refractivity (Wildman–Crippen MR) is 99.9 cm³/mol. The van der Waals surface area contributed by atoms with E-state index in [9.17, 15) is 0 Å². The van der Waals surface area contributed by atoms with Crippen LogP contribution in [-0.2, 0) is 12.8 Å². The zero-order valence-corrected chi connectivity index (χ0v) is 14.1. The largest absolute Gasteiger partial charge is 0.334 e. The first-order valence-electron chi connectivity index (χ1n) is 7.97. The van der Waals surface area contributed by atoms with E-state index in [1.54, 1.807) is 0 Å². The van der Waals surface area contributed by atoms with Gasteiger partial charge in [-0.2, -0.15) is 0 Å². The third kappa shape index (κ3) is 4.60. The van der Waals surface area contributed by atoms with Crippen LogP contribution >= 0.6 is 11.6 Å². The van der Waals surface area contributed by atoms with E-state index in [0.29, 0.717) is 23.9 Å². The Bertz CT molecular complexity index is 742. The van der Waals surface area contributed by atoms with Gasteiger partial charge in [-0.1, -0.05) is 54.1 Å². The Balaban J connectivity index is 1.61. The van der Waals surface area contributed by atoms with Crippen LogP contribution in [0.2, 0.25) is 5.02 Å². The summed E-state index contributed by atoms with van der Waals surface area (Å²) in [4.78, 5) is 4.57. The Morgan fingerprint density at radius 1 is 1.04 bits per heavy atom. The molecule has 0 saturated carbocycles. The third-order valence-corrected chi connectivity index (χ3v) is 4.09. The molecular formula is C19H21ClN4. The number of aliphatic imine (C=N–C) groups is 1. The van der Waals surface area contributed by atoms with E-state index in [2.05, 4.69) is 27.8 Å². The molecule has 1 unspecified atom stereocenters. The third-order valence-electron chi connectivity index (χ3n) is 3.85. The summed E-state index contributed by atoms with van der Waals surface area (Å²) >= 11 is 6.05. The Hall–Kier alpha value is -2.30. The number of hydrogen-bond acceptors (Lipinski definition) is 2. The average Bonchev–Trinajstić information content (AvgIpc) is 2.55. The molecule has 4 N–H and O–H groups in total. The molecule has 0 radical (unpaired) electrons. The number of guanidine groups is 1. The Morgan fingerprint density at radius 3 is 2.62 bits per heavy atom. The van der Waals surface area contributed by atoms with E-state index in [4.69, 9.17) is 17.3 Å². The fourth-order valence-electron chi connectivity index (χ4n) is 2.68. The van der Waals surface area contributed by atoms with E-state index in [-0.39, 0.29) is 0 Å². The molecule has 1 aliphatic heterocycles. The van der Waals surface area contributed by atoms with Crippen LogP contribution in [0.1, 0.15) is 11.1 Å². The molecule has 0 amide bonds. The zero-order chi connectivity index (χ0) is 16.8. The molecule has 124 valence electrons. The van der Waals surface area contributed by atoms with Gasteiger partial charge in [0.2, 0.25) is 0 Å². The van der Waals surface area contributed by atoms with E-state index in [1.807, 2.05) is 54.7 Å². The first kappa shape index (κ1) is 16.6. The second-order valence-electron chi connectivity index (χ2n) is 5.92. The van der Waals surface area contributed by atoms with Crippen molar-refractivity contribution in [3.63, 3.8) is 0 Å². The van der Waals surface area contributed by atoms with Crippen LogP contribution in [0.15, 0.2) is 71.9 Å². The minimum atomic E-state index is -0.679. The molecule has 24 heavy (non-hydrogen) atoms. The van der Waals surface area contributed by atoms with Gasteiger partial charge in [-0.15, -0.1) is 0 Å². The SMILES string of the molecule is NC1(Cc2cccc(Cl)c2)C=CNC(=NCCc2ccccc2)N1. The first-order chi connectivity index (χ1) is 11.6. The summed E-state index contributed by atoms with van der Waals surface area (Å²) in [5.41, 5.74) is 8.12. The lowest BCUT2D eigenvalue weighted by molar-refractivity contribution is 0.472. The topological polar surface area (TPSA) is 62.4 Å². The molecule has 1 heterocycles. The number of nitrogens with one attached hydrogen (secondary N) is 2. The second kappa shape index (κ2) is 7.51. The van der Waals surface area contributed by atoms with Crippen molar-refractivity contribution in [3.8, 4) is 0 Å². The number of halogens is 1. The highest BCUT2D eigenvalue weighted by atomic mass is 35.5. The highest BCUT2D eigenvalue weighted by molar-refractivity contribution is 6.30. The van der Waals surface area contributed by atoms with E-state index < -0.39 is 5.66 Å². The van der Waals surface area contributed by atoms with Gasteiger partial charge in [-0.05, 0) is 35.8 Å². The maximum absolute atomic E-state index is 6.45. The lowest BCUT2D eigenvalue weighted by Gasteiger charge is -2.32. The van der Waals surface area contributed by atoms with Crippen molar-refractivity contribution in [2.24, 2.45) is 10.7 Å². The summed E-state index contributed by atoms with van der Waals surface area (Å²) in [6.07, 6.45) is 5.26. The Morgan fingerprint density at radius 2 is 1.83 bits per heavy atom. The monoisotopic (exact) mass is 340 g/mol. The lowest BCUT2D eigenvalue weighted by Crippen LogP contribution is -2.61. The molecule has 0 saturated heterocycles. The quantitative estimate of drug-likeness (QED) is 0.784. The number of nitrogens with zero attached hydrogens (tertiary/aromatic N) is 1. The van der Waals surface area contributed by atoms with Gasteiger partial charge < -0.3 is 16.4 Å². The normalized spacial score (nSPS) is 21.3. The van der Waals surface area contributed by atoms with Crippen molar-refractivity contribution >= 4 is 17.6 Å². The average molecular weight is 341 g/mol. The fourth-order valence-corrected chi connectivity index (χ4v) is 2.89. The van der Waals surface area contributed by atoms with Crippen LogP contribution in [0, 0.1) is 0 Å². The van der Waals surface area contributed by atoms with Crippen molar-refractivity contribution in [3.05, 3.63) is 83.0 Å². The molecular weight excluding hydrogens is 320 g/mol. The van der Waals surface area contributed by atoms with Crippen LogP contribution < -0.4 is 16.4 Å². The van der Waals surface area contributed by atoms with Crippen LogP contribution in [0.25, 0.3) is 0 Å². The van der Waals surface area contributed by atoms with Gasteiger partial charge in [0, 0.05) is 24.2 Å². The van der Waals surface area contributed by atoms with Crippen molar-refractivity contribution in [1.29, 1.82) is 0 Å². The lowest BCUT2D eigenvalue weighted by atomic mass is 9.99. The predicted octanol–water partition coefficient (Wildman–Crippen LogP) is 2.84. The summed E-state index contributed by atoms with van der Waals surface area (Å²) < 4.78 is 0. The van der Waals surface area contributed by atoms with Crippen molar-refractivity contribution in [2.45, 2.75) is 18.5 Å². The molecule has 4 nitrogen and oxygen atoms in total. The molecule has 3 rings (SSSR count). The van der Waals surface area contributed by atoms with E-state index >= 15 is 0 Å². The Labute approximate surface area is 147 Å². The number of nitrogens with two attached hydrogens (primary N) is 1. The minimum Gasteiger partial charge on any atom is -0.334 e. The summed E-state index contributed by atoms with van der Waals surface area (Å²) in [5.74, 6) is 0.693. The highest BCUT2D eigenvalue weighted by Gasteiger charge is 2.26. The van der Waals surface area contributed by atoms with Gasteiger partial charge >= 0.3 is 0 Å². The van der Waals surface area contributed by atoms with Gasteiger partial charge in [0.1, 0.15) is 5.66 Å².